The lowest BCUT2D eigenvalue weighted by Crippen LogP contribution is -2.32. The molecule has 42 heavy (non-hydrogen) atoms. The van der Waals surface area contributed by atoms with Crippen LogP contribution in [0.1, 0.15) is 42.3 Å². The molecule has 218 valence electrons. The summed E-state index contributed by atoms with van der Waals surface area (Å²) in [5, 5.41) is 14.9. The quantitative estimate of drug-likeness (QED) is 0.188. The number of hydrogen-bond acceptors (Lipinski definition) is 6. The Morgan fingerprint density at radius 3 is 2.29 bits per heavy atom. The van der Waals surface area contributed by atoms with Crippen molar-refractivity contribution >= 4 is 34.5 Å². The second-order valence-electron chi connectivity index (χ2n) is 11.2. The third kappa shape index (κ3) is 8.94. The van der Waals surface area contributed by atoms with E-state index < -0.39 is 11.6 Å². The number of hydrogen-bond donors (Lipinski definition) is 2. The number of esters is 1. The number of likely N-dealkylation sites (N-methyl/N-ethyl adjacent to an activating group) is 1. The van der Waals surface area contributed by atoms with E-state index in [0.29, 0.717) is 19.7 Å². The van der Waals surface area contributed by atoms with Crippen LogP contribution in [0.2, 0.25) is 0 Å². The first-order valence-corrected chi connectivity index (χ1v) is 13.9. The predicted molar refractivity (Wildman–Crippen MR) is 168 cm³/mol. The summed E-state index contributed by atoms with van der Waals surface area (Å²) in [5.74, 6) is -0.404. The van der Waals surface area contributed by atoms with Gasteiger partial charge >= 0.3 is 11.9 Å². The van der Waals surface area contributed by atoms with Crippen molar-refractivity contribution in [2.45, 2.75) is 32.9 Å². The van der Waals surface area contributed by atoms with E-state index in [2.05, 4.69) is 17.4 Å². The van der Waals surface area contributed by atoms with Crippen LogP contribution in [-0.2, 0) is 16.1 Å². The van der Waals surface area contributed by atoms with Crippen molar-refractivity contribution in [2.24, 2.45) is 0 Å². The average molecular weight is 567 g/mol. The van der Waals surface area contributed by atoms with Gasteiger partial charge in [0.15, 0.2) is 0 Å². The Bertz CT molecular complexity index is 1530. The Hall–Kier alpha value is -4.62. The van der Waals surface area contributed by atoms with Crippen LogP contribution < -0.4 is 15.0 Å². The van der Waals surface area contributed by atoms with E-state index in [1.54, 1.807) is 24.3 Å². The van der Waals surface area contributed by atoms with Gasteiger partial charge in [0.2, 0.25) is 0 Å². The fourth-order valence-electron chi connectivity index (χ4n) is 4.49. The molecule has 2 N–H and O–H groups in total. The molecule has 0 saturated carbocycles. The second kappa shape index (κ2) is 13.8. The number of anilines is 1. The standard InChI is InChI=1S/C35H38N2O5/c1-35(2,3)42-33(38)23-37(4)30-18-14-26(15-19-30)21-36-22-27(20-25-12-16-29(17-13-25)34(39)40)24-41-32-11-7-9-28-8-5-6-10-31(28)32/h5-20,36H,21-24H2,1-4H3,(H,39,40)/b27-20-. The summed E-state index contributed by atoms with van der Waals surface area (Å²) in [5.41, 5.74) is 3.68. The maximum Gasteiger partial charge on any atom is 0.335 e. The number of carbonyl (C=O) groups is 2. The van der Waals surface area contributed by atoms with Crippen LogP contribution in [0.15, 0.2) is 96.6 Å². The topological polar surface area (TPSA) is 88.1 Å². The van der Waals surface area contributed by atoms with Gasteiger partial charge in [-0.2, -0.15) is 0 Å². The molecule has 0 atom stereocenters. The summed E-state index contributed by atoms with van der Waals surface area (Å²) in [4.78, 5) is 25.3. The summed E-state index contributed by atoms with van der Waals surface area (Å²) < 4.78 is 11.7. The van der Waals surface area contributed by atoms with Crippen molar-refractivity contribution in [2.75, 3.05) is 31.6 Å². The Morgan fingerprint density at radius 1 is 0.905 bits per heavy atom. The van der Waals surface area contributed by atoms with Crippen molar-refractivity contribution in [1.82, 2.24) is 5.32 Å². The number of benzene rings is 4. The Kier molecular flexibility index (Phi) is 9.99. The van der Waals surface area contributed by atoms with Crippen LogP contribution in [0.3, 0.4) is 0 Å². The number of carbonyl (C=O) groups excluding carboxylic acids is 1. The van der Waals surface area contributed by atoms with E-state index in [-0.39, 0.29) is 18.1 Å². The number of ether oxygens (including phenoxy) is 2. The molecule has 0 aromatic heterocycles. The number of rotatable bonds is 12. The second-order valence-corrected chi connectivity index (χ2v) is 11.2. The van der Waals surface area contributed by atoms with E-state index in [1.807, 2.05) is 93.4 Å². The minimum Gasteiger partial charge on any atom is -0.489 e. The van der Waals surface area contributed by atoms with Gasteiger partial charge in [-0.15, -0.1) is 0 Å². The van der Waals surface area contributed by atoms with Gasteiger partial charge < -0.3 is 24.8 Å². The normalized spacial score (nSPS) is 11.8. The molecule has 0 saturated heterocycles. The van der Waals surface area contributed by atoms with Crippen molar-refractivity contribution in [3.05, 3.63) is 113 Å². The molecule has 0 fully saturated rings. The molecule has 0 aliphatic carbocycles. The minimum atomic E-state index is -0.950. The Morgan fingerprint density at radius 2 is 1.60 bits per heavy atom. The largest absolute Gasteiger partial charge is 0.489 e. The molecule has 0 amide bonds. The third-order valence-electron chi connectivity index (χ3n) is 6.54. The van der Waals surface area contributed by atoms with Crippen LogP contribution in [0.4, 0.5) is 5.69 Å². The molecule has 0 bridgehead atoms. The van der Waals surface area contributed by atoms with Crippen molar-refractivity contribution in [3.63, 3.8) is 0 Å². The summed E-state index contributed by atoms with van der Waals surface area (Å²) in [7, 11) is 1.87. The van der Waals surface area contributed by atoms with E-state index in [1.165, 1.54) is 0 Å². The van der Waals surface area contributed by atoms with Crippen LogP contribution in [0, 0.1) is 0 Å². The zero-order valence-corrected chi connectivity index (χ0v) is 24.6. The van der Waals surface area contributed by atoms with Gasteiger partial charge in [-0.1, -0.05) is 66.7 Å². The van der Waals surface area contributed by atoms with Gasteiger partial charge in [0.05, 0.1) is 5.56 Å². The first-order chi connectivity index (χ1) is 20.1. The van der Waals surface area contributed by atoms with Crippen LogP contribution >= 0.6 is 0 Å². The summed E-state index contributed by atoms with van der Waals surface area (Å²) in [6, 6.07) is 29.0. The van der Waals surface area contributed by atoms with Gasteiger partial charge in [-0.05, 0) is 73.2 Å². The molecule has 0 unspecified atom stereocenters. The van der Waals surface area contributed by atoms with Crippen molar-refractivity contribution in [3.8, 4) is 5.75 Å². The van der Waals surface area contributed by atoms with Gasteiger partial charge in [0.25, 0.3) is 0 Å². The van der Waals surface area contributed by atoms with Gasteiger partial charge in [-0.25, -0.2) is 4.79 Å². The predicted octanol–water partition coefficient (Wildman–Crippen LogP) is 6.57. The number of aromatic carboxylic acids is 1. The molecule has 0 heterocycles. The van der Waals surface area contributed by atoms with Crippen molar-refractivity contribution in [1.29, 1.82) is 0 Å². The maximum atomic E-state index is 12.2. The molecule has 0 spiro atoms. The highest BCUT2D eigenvalue weighted by Crippen LogP contribution is 2.26. The van der Waals surface area contributed by atoms with Crippen LogP contribution in [-0.4, -0.2) is 49.4 Å². The molecule has 4 aromatic carbocycles. The van der Waals surface area contributed by atoms with E-state index in [4.69, 9.17) is 9.47 Å². The van der Waals surface area contributed by atoms with E-state index in [9.17, 15) is 14.7 Å². The first-order valence-electron chi connectivity index (χ1n) is 13.9. The lowest BCUT2D eigenvalue weighted by molar-refractivity contribution is -0.152. The molecule has 7 nitrogen and oxygen atoms in total. The highest BCUT2D eigenvalue weighted by atomic mass is 16.6. The SMILES string of the molecule is CN(CC(=O)OC(C)(C)C)c1ccc(CNC/C(=C/c2ccc(C(=O)O)cc2)COc2cccc3ccccc23)cc1. The molecular weight excluding hydrogens is 528 g/mol. The lowest BCUT2D eigenvalue weighted by atomic mass is 10.1. The summed E-state index contributed by atoms with van der Waals surface area (Å²) in [6.07, 6.45) is 2.03. The number of nitrogens with one attached hydrogen (secondary N) is 1. The summed E-state index contributed by atoms with van der Waals surface area (Å²) >= 11 is 0. The number of carboxylic acids is 1. The molecule has 4 rings (SSSR count). The fraction of sp³-hybridized carbons (Fsp3) is 0.257. The molecule has 0 radical (unpaired) electrons. The molecule has 7 heteroatoms. The molecule has 0 aliphatic rings. The monoisotopic (exact) mass is 566 g/mol. The van der Waals surface area contributed by atoms with Gasteiger partial charge in [-0.3, -0.25) is 4.79 Å². The Labute approximate surface area is 247 Å². The fourth-order valence-corrected chi connectivity index (χ4v) is 4.49. The first kappa shape index (κ1) is 30.3. The number of nitrogens with zero attached hydrogens (tertiary/aromatic N) is 1. The lowest BCUT2D eigenvalue weighted by Gasteiger charge is -2.23. The Balaban J connectivity index is 1.41. The highest BCUT2D eigenvalue weighted by Gasteiger charge is 2.17. The van der Waals surface area contributed by atoms with Crippen molar-refractivity contribution < 1.29 is 24.2 Å². The zero-order valence-electron chi connectivity index (χ0n) is 24.6. The molecular formula is C35H38N2O5. The number of carboxylic acid groups (broad SMARTS) is 1. The number of fused-ring (bicyclic) bond motifs is 1. The molecule has 0 aliphatic heterocycles. The maximum absolute atomic E-state index is 12.2. The third-order valence-corrected chi connectivity index (χ3v) is 6.54. The minimum absolute atomic E-state index is 0.174. The van der Waals surface area contributed by atoms with E-state index in [0.717, 1.165) is 38.9 Å². The zero-order chi connectivity index (χ0) is 30.1. The summed E-state index contributed by atoms with van der Waals surface area (Å²) in [6.45, 7) is 7.34. The van der Waals surface area contributed by atoms with Gasteiger partial charge in [0.1, 0.15) is 24.5 Å². The smallest absolute Gasteiger partial charge is 0.335 e. The molecule has 4 aromatic rings. The van der Waals surface area contributed by atoms with Crippen LogP contribution in [0.25, 0.3) is 16.8 Å². The highest BCUT2D eigenvalue weighted by molar-refractivity contribution is 5.88. The van der Waals surface area contributed by atoms with Crippen LogP contribution in [0.5, 0.6) is 5.75 Å². The van der Waals surface area contributed by atoms with Gasteiger partial charge in [0, 0.05) is 31.2 Å². The average Bonchev–Trinajstić information content (AvgIpc) is 2.95. The van der Waals surface area contributed by atoms with E-state index >= 15 is 0 Å².